The van der Waals surface area contributed by atoms with Gasteiger partial charge in [0.05, 0.1) is 30.7 Å². The first kappa shape index (κ1) is 39.6. The fourth-order valence-corrected chi connectivity index (χ4v) is 10.4. The number of amides is 5. The van der Waals surface area contributed by atoms with Crippen LogP contribution in [-0.4, -0.2) is 93.7 Å². The summed E-state index contributed by atoms with van der Waals surface area (Å²) >= 11 is 0. The van der Waals surface area contributed by atoms with Crippen LogP contribution in [0.25, 0.3) is 21.9 Å². The fourth-order valence-electron chi connectivity index (χ4n) is 10.4. The van der Waals surface area contributed by atoms with E-state index < -0.39 is 29.7 Å². The van der Waals surface area contributed by atoms with Gasteiger partial charge in [0.1, 0.15) is 23.1 Å². The van der Waals surface area contributed by atoms with Crippen molar-refractivity contribution < 1.29 is 33.4 Å². The molecule has 14 heteroatoms. The standard InChI is InChI=1S/C46H50N6O8/c1-5-30-20-31-34(21-47-30)42(55)49(2)25-35(31)27-18-37(59-3)40(38(19-27)60-4)45(58)51-14-12-46(13-15-51)10-8-26(9-11-46)22-50-23-28-16-32-33(17-29(28)24-50)44(57)52(43(32)56)36-6-7-39(53)48-41(36)54/h16-21,25-26,36H,5-15,22-24H2,1-4H3,(H,48,53,54). The topological polar surface area (TPSA) is 160 Å². The lowest BCUT2D eigenvalue weighted by Gasteiger charge is -2.46. The van der Waals surface area contributed by atoms with E-state index in [0.717, 1.165) is 89.7 Å². The van der Waals surface area contributed by atoms with E-state index in [2.05, 4.69) is 15.2 Å². The molecule has 9 rings (SSSR count). The Balaban J connectivity index is 0.825. The molecule has 312 valence electrons. The van der Waals surface area contributed by atoms with Gasteiger partial charge in [0.2, 0.25) is 11.8 Å². The molecule has 5 aliphatic rings. The Bertz CT molecular complexity index is 2480. The van der Waals surface area contributed by atoms with E-state index in [4.69, 9.17) is 9.47 Å². The summed E-state index contributed by atoms with van der Waals surface area (Å²) in [5, 5.41) is 3.56. The predicted molar refractivity (Wildman–Crippen MR) is 222 cm³/mol. The number of pyridine rings is 2. The maximum Gasteiger partial charge on any atom is 0.262 e. The minimum atomic E-state index is -0.969. The largest absolute Gasteiger partial charge is 0.496 e. The van der Waals surface area contributed by atoms with Crippen molar-refractivity contribution in [3.8, 4) is 22.6 Å². The average Bonchev–Trinajstić information content (AvgIpc) is 3.76. The molecule has 1 atom stereocenters. The van der Waals surface area contributed by atoms with Crippen LogP contribution < -0.4 is 20.3 Å². The van der Waals surface area contributed by atoms with Gasteiger partial charge in [-0.2, -0.15) is 0 Å². The summed E-state index contributed by atoms with van der Waals surface area (Å²) in [7, 11) is 4.84. The number of rotatable bonds is 8. The summed E-state index contributed by atoms with van der Waals surface area (Å²) in [6.45, 7) is 5.67. The number of hydrogen-bond acceptors (Lipinski definition) is 10. The maximum atomic E-state index is 14.3. The van der Waals surface area contributed by atoms with Crippen molar-refractivity contribution in [1.29, 1.82) is 0 Å². The molecule has 1 aliphatic carbocycles. The normalized spacial score (nSPS) is 20.5. The number of imide groups is 2. The number of fused-ring (bicyclic) bond motifs is 3. The van der Waals surface area contributed by atoms with Crippen molar-refractivity contribution >= 4 is 40.3 Å². The third-order valence-corrected chi connectivity index (χ3v) is 13.9. The summed E-state index contributed by atoms with van der Waals surface area (Å²) in [6, 6.07) is 8.36. The second-order valence-corrected chi connectivity index (χ2v) is 17.3. The minimum absolute atomic E-state index is 0.0926. The summed E-state index contributed by atoms with van der Waals surface area (Å²) in [4.78, 5) is 88.0. The number of benzene rings is 2. The second kappa shape index (κ2) is 15.3. The highest BCUT2D eigenvalue weighted by Gasteiger charge is 2.46. The number of carbonyl (C=O) groups excluding carboxylic acids is 5. The van der Waals surface area contributed by atoms with Gasteiger partial charge < -0.3 is 18.9 Å². The van der Waals surface area contributed by atoms with Crippen LogP contribution in [0, 0.1) is 11.3 Å². The van der Waals surface area contributed by atoms with E-state index in [0.29, 0.717) is 65.7 Å². The number of nitrogens with zero attached hydrogens (tertiary/aromatic N) is 5. The quantitative estimate of drug-likeness (QED) is 0.240. The van der Waals surface area contributed by atoms with Crippen molar-refractivity contribution in [3.05, 3.63) is 86.6 Å². The highest BCUT2D eigenvalue weighted by atomic mass is 16.5. The van der Waals surface area contributed by atoms with Crippen molar-refractivity contribution in [3.63, 3.8) is 0 Å². The van der Waals surface area contributed by atoms with Gasteiger partial charge in [-0.3, -0.25) is 48.9 Å². The Morgan fingerprint density at radius 1 is 0.833 bits per heavy atom. The maximum absolute atomic E-state index is 14.3. The van der Waals surface area contributed by atoms with Gasteiger partial charge in [0, 0.05) is 69.8 Å². The zero-order valence-electron chi connectivity index (χ0n) is 34.6. The molecule has 6 heterocycles. The minimum Gasteiger partial charge on any atom is -0.496 e. The van der Waals surface area contributed by atoms with Crippen LogP contribution in [-0.2, 0) is 36.1 Å². The molecule has 4 aliphatic heterocycles. The molecule has 60 heavy (non-hydrogen) atoms. The Morgan fingerprint density at radius 3 is 2.05 bits per heavy atom. The number of carbonyl (C=O) groups is 5. The van der Waals surface area contributed by atoms with E-state index in [1.54, 1.807) is 38.2 Å². The van der Waals surface area contributed by atoms with E-state index in [1.165, 1.54) is 0 Å². The number of aromatic nitrogens is 2. The number of ether oxygens (including phenoxy) is 2. The molecule has 1 saturated carbocycles. The molecule has 2 saturated heterocycles. The van der Waals surface area contributed by atoms with Crippen LogP contribution in [0.3, 0.4) is 0 Å². The molecule has 4 aromatic rings. The highest BCUT2D eigenvalue weighted by molar-refractivity contribution is 6.23. The molecule has 1 unspecified atom stereocenters. The number of nitrogens with one attached hydrogen (secondary N) is 1. The SMILES string of the molecule is CCc1cc2c(-c3cc(OC)c(C(=O)N4CCC5(CCC(CN6Cc7cc8c(cc7C6)C(=O)N(C6CCC(=O)NC6=O)C8=O)CC5)CC4)c(OC)c3)cn(C)c(=O)c2cn1. The molecule has 2 aromatic heterocycles. The second-order valence-electron chi connectivity index (χ2n) is 17.3. The Morgan fingerprint density at radius 2 is 1.47 bits per heavy atom. The first-order valence-electron chi connectivity index (χ1n) is 21.0. The van der Waals surface area contributed by atoms with Crippen molar-refractivity contribution in [1.82, 2.24) is 29.6 Å². The molecule has 1 N–H and O–H groups in total. The number of methoxy groups -OCH3 is 2. The number of piperidine rings is 2. The van der Waals surface area contributed by atoms with Crippen LogP contribution >= 0.6 is 0 Å². The van der Waals surface area contributed by atoms with Crippen molar-refractivity contribution in [2.24, 2.45) is 18.4 Å². The van der Waals surface area contributed by atoms with E-state index in [1.807, 2.05) is 42.2 Å². The van der Waals surface area contributed by atoms with Gasteiger partial charge in [-0.25, -0.2) is 0 Å². The molecule has 2 aromatic carbocycles. The van der Waals surface area contributed by atoms with Gasteiger partial charge in [-0.05, 0) is 115 Å². The number of likely N-dealkylation sites (tertiary alicyclic amines) is 1. The molecule has 3 fully saturated rings. The Hall–Kier alpha value is -5.89. The zero-order chi connectivity index (χ0) is 42.0. The van der Waals surface area contributed by atoms with Crippen LogP contribution in [0.15, 0.2) is 47.5 Å². The lowest BCUT2D eigenvalue weighted by molar-refractivity contribution is -0.136. The van der Waals surface area contributed by atoms with Crippen molar-refractivity contribution in [2.45, 2.75) is 83.8 Å². The number of hydrogen-bond donors (Lipinski definition) is 1. The van der Waals surface area contributed by atoms with Crippen LogP contribution in [0.4, 0.5) is 0 Å². The lowest BCUT2D eigenvalue weighted by Crippen LogP contribution is -2.54. The first-order chi connectivity index (χ1) is 28.9. The van der Waals surface area contributed by atoms with Crippen LogP contribution in [0.5, 0.6) is 11.5 Å². The van der Waals surface area contributed by atoms with E-state index in [-0.39, 0.29) is 29.7 Å². The average molecular weight is 815 g/mol. The molecule has 14 nitrogen and oxygen atoms in total. The molecule has 0 bridgehead atoms. The first-order valence-corrected chi connectivity index (χ1v) is 21.0. The lowest BCUT2D eigenvalue weighted by atomic mass is 9.65. The monoisotopic (exact) mass is 814 g/mol. The zero-order valence-corrected chi connectivity index (χ0v) is 34.6. The molecular formula is C46H50N6O8. The summed E-state index contributed by atoms with van der Waals surface area (Å²) in [5.74, 6) is -0.680. The summed E-state index contributed by atoms with van der Waals surface area (Å²) in [6.07, 6.45) is 10.7. The third kappa shape index (κ3) is 6.74. The van der Waals surface area contributed by atoms with Gasteiger partial charge in [-0.1, -0.05) is 6.92 Å². The molecule has 5 amide bonds. The Kier molecular flexibility index (Phi) is 10.1. The molecule has 0 radical (unpaired) electrons. The van der Waals surface area contributed by atoms with Gasteiger partial charge in [0.25, 0.3) is 23.3 Å². The number of aryl methyl sites for hydroxylation is 2. The van der Waals surface area contributed by atoms with Gasteiger partial charge in [-0.15, -0.1) is 0 Å². The highest BCUT2D eigenvalue weighted by Crippen LogP contribution is 2.48. The van der Waals surface area contributed by atoms with Crippen molar-refractivity contribution in [2.75, 3.05) is 33.9 Å². The summed E-state index contributed by atoms with van der Waals surface area (Å²) < 4.78 is 13.3. The van der Waals surface area contributed by atoms with Gasteiger partial charge >= 0.3 is 0 Å². The van der Waals surface area contributed by atoms with E-state index in [9.17, 15) is 28.8 Å². The smallest absolute Gasteiger partial charge is 0.262 e. The van der Waals surface area contributed by atoms with Crippen LogP contribution in [0.1, 0.15) is 106 Å². The van der Waals surface area contributed by atoms with E-state index >= 15 is 0 Å². The summed E-state index contributed by atoms with van der Waals surface area (Å²) in [5.41, 5.74) is 5.68. The van der Waals surface area contributed by atoms with Crippen LogP contribution in [0.2, 0.25) is 0 Å². The molecular weight excluding hydrogens is 765 g/mol. The Labute approximate surface area is 347 Å². The van der Waals surface area contributed by atoms with Gasteiger partial charge in [0.15, 0.2) is 0 Å². The predicted octanol–water partition coefficient (Wildman–Crippen LogP) is 5.01. The molecule has 1 spiro atoms. The fraction of sp³-hybridized carbons (Fsp3) is 0.457. The third-order valence-electron chi connectivity index (χ3n) is 13.9.